The van der Waals surface area contributed by atoms with Gasteiger partial charge in [-0.1, -0.05) is 52.0 Å². The van der Waals surface area contributed by atoms with Crippen molar-refractivity contribution in [1.29, 1.82) is 0 Å². The summed E-state index contributed by atoms with van der Waals surface area (Å²) in [6.07, 6.45) is 2.38. The van der Waals surface area contributed by atoms with Gasteiger partial charge in [-0.2, -0.15) is 0 Å². The van der Waals surface area contributed by atoms with Crippen molar-refractivity contribution in [3.63, 3.8) is 0 Å². The highest BCUT2D eigenvalue weighted by Gasteiger charge is 2.36. The van der Waals surface area contributed by atoms with E-state index < -0.39 is 0 Å². The number of hydrogen-bond donors (Lipinski definition) is 0. The lowest BCUT2D eigenvalue weighted by atomic mass is 9.77. The minimum Gasteiger partial charge on any atom is -0.380 e. The van der Waals surface area contributed by atoms with Crippen LogP contribution in [-0.4, -0.2) is 13.2 Å². The zero-order chi connectivity index (χ0) is 12.5. The van der Waals surface area contributed by atoms with Gasteiger partial charge in [0.2, 0.25) is 0 Å². The average Bonchev–Trinajstić information content (AvgIpc) is 2.23. The maximum atomic E-state index is 5.38. The second-order valence-corrected chi connectivity index (χ2v) is 6.47. The van der Waals surface area contributed by atoms with Crippen LogP contribution in [0.2, 0.25) is 0 Å². The highest BCUT2D eigenvalue weighted by atomic mass is 16.5. The summed E-state index contributed by atoms with van der Waals surface area (Å²) in [6.45, 7) is 10.9. The molecule has 94 valence electrons. The van der Waals surface area contributed by atoms with Gasteiger partial charge < -0.3 is 4.74 Å². The van der Waals surface area contributed by atoms with E-state index in [9.17, 15) is 0 Å². The first-order valence-electron chi connectivity index (χ1n) is 6.62. The summed E-state index contributed by atoms with van der Waals surface area (Å²) in [5.41, 5.74) is 3.53. The van der Waals surface area contributed by atoms with E-state index in [4.69, 9.17) is 4.74 Å². The number of rotatable bonds is 3. The van der Waals surface area contributed by atoms with Crippen molar-refractivity contribution in [2.45, 2.75) is 46.0 Å². The van der Waals surface area contributed by atoms with Gasteiger partial charge in [0, 0.05) is 5.41 Å². The lowest BCUT2D eigenvalue weighted by Gasteiger charge is -2.41. The zero-order valence-corrected chi connectivity index (χ0v) is 11.5. The molecule has 0 bridgehead atoms. The van der Waals surface area contributed by atoms with Crippen LogP contribution in [0.5, 0.6) is 0 Å². The fourth-order valence-corrected chi connectivity index (χ4v) is 2.38. The minimum absolute atomic E-state index is 0.251. The highest BCUT2D eigenvalue weighted by molar-refractivity contribution is 5.28. The molecule has 1 aromatic carbocycles. The van der Waals surface area contributed by atoms with Crippen LogP contribution in [0.4, 0.5) is 0 Å². The summed E-state index contributed by atoms with van der Waals surface area (Å²) in [5.74, 6) is 0. The van der Waals surface area contributed by atoms with Gasteiger partial charge in [0.05, 0.1) is 13.2 Å². The van der Waals surface area contributed by atoms with Crippen LogP contribution in [0.25, 0.3) is 0 Å². The number of benzene rings is 1. The summed E-state index contributed by atoms with van der Waals surface area (Å²) >= 11 is 0. The molecule has 0 aromatic heterocycles. The van der Waals surface area contributed by atoms with E-state index in [2.05, 4.69) is 52.0 Å². The predicted molar refractivity (Wildman–Crippen MR) is 72.4 cm³/mol. The molecule has 1 aromatic rings. The zero-order valence-electron chi connectivity index (χ0n) is 11.5. The van der Waals surface area contributed by atoms with Gasteiger partial charge in [-0.3, -0.25) is 0 Å². The Balaban J connectivity index is 2.08. The Morgan fingerprint density at radius 2 is 1.71 bits per heavy atom. The molecule has 2 rings (SSSR count). The third-order valence-electron chi connectivity index (χ3n) is 3.97. The normalized spacial score (nSPS) is 18.8. The summed E-state index contributed by atoms with van der Waals surface area (Å²) in [7, 11) is 0. The van der Waals surface area contributed by atoms with E-state index in [0.717, 1.165) is 19.6 Å². The van der Waals surface area contributed by atoms with Gasteiger partial charge in [0.25, 0.3) is 0 Å². The van der Waals surface area contributed by atoms with Gasteiger partial charge in [-0.25, -0.2) is 0 Å². The van der Waals surface area contributed by atoms with Crippen LogP contribution < -0.4 is 0 Å². The molecule has 0 aliphatic carbocycles. The Kier molecular flexibility index (Phi) is 3.31. The molecule has 1 fully saturated rings. The van der Waals surface area contributed by atoms with E-state index >= 15 is 0 Å². The van der Waals surface area contributed by atoms with Crippen molar-refractivity contribution < 1.29 is 4.74 Å². The first kappa shape index (κ1) is 12.6. The standard InChI is InChI=1S/C16H24O/c1-5-16(11-17-12-16)10-13-6-8-14(9-7-13)15(2,3)4/h6-9H,5,10-12H2,1-4H3. The SMILES string of the molecule is CCC1(Cc2ccc(C(C)(C)C)cc2)COC1. The number of ether oxygens (including phenoxy) is 1. The third kappa shape index (κ3) is 2.71. The third-order valence-corrected chi connectivity index (χ3v) is 3.97. The molecule has 0 atom stereocenters. The summed E-state index contributed by atoms with van der Waals surface area (Å²) in [4.78, 5) is 0. The summed E-state index contributed by atoms with van der Waals surface area (Å²) < 4.78 is 5.38. The van der Waals surface area contributed by atoms with Crippen LogP contribution >= 0.6 is 0 Å². The van der Waals surface area contributed by atoms with Crippen LogP contribution in [0.1, 0.15) is 45.2 Å². The van der Waals surface area contributed by atoms with Crippen LogP contribution in [0.3, 0.4) is 0 Å². The maximum absolute atomic E-state index is 5.38. The monoisotopic (exact) mass is 232 g/mol. The van der Waals surface area contributed by atoms with Gasteiger partial charge in [0.1, 0.15) is 0 Å². The lowest BCUT2D eigenvalue weighted by Crippen LogP contribution is -2.43. The molecule has 0 N–H and O–H groups in total. The molecule has 0 saturated carbocycles. The highest BCUT2D eigenvalue weighted by Crippen LogP contribution is 2.35. The molecule has 1 heterocycles. The topological polar surface area (TPSA) is 9.23 Å². The first-order valence-corrected chi connectivity index (χ1v) is 6.62. The van der Waals surface area contributed by atoms with Gasteiger partial charge in [0.15, 0.2) is 0 Å². The molecule has 1 heteroatoms. The number of hydrogen-bond acceptors (Lipinski definition) is 1. The van der Waals surface area contributed by atoms with Crippen molar-refractivity contribution in [1.82, 2.24) is 0 Å². The lowest BCUT2D eigenvalue weighted by molar-refractivity contribution is -0.114. The Labute approximate surface area is 105 Å². The molecule has 1 saturated heterocycles. The molecule has 1 aliphatic heterocycles. The largest absolute Gasteiger partial charge is 0.380 e. The van der Waals surface area contributed by atoms with E-state index in [1.165, 1.54) is 17.5 Å². The maximum Gasteiger partial charge on any atom is 0.0547 e. The first-order chi connectivity index (χ1) is 7.95. The summed E-state index contributed by atoms with van der Waals surface area (Å²) in [5, 5.41) is 0. The molecule has 0 unspecified atom stereocenters. The van der Waals surface area contributed by atoms with Crippen LogP contribution in [-0.2, 0) is 16.6 Å². The molecule has 17 heavy (non-hydrogen) atoms. The van der Waals surface area contributed by atoms with E-state index in [1.54, 1.807) is 0 Å². The van der Waals surface area contributed by atoms with E-state index in [1.807, 2.05) is 0 Å². The van der Waals surface area contributed by atoms with Crippen LogP contribution in [0.15, 0.2) is 24.3 Å². The molecule has 0 spiro atoms. The van der Waals surface area contributed by atoms with Crippen molar-refractivity contribution in [3.05, 3.63) is 35.4 Å². The molecule has 1 aliphatic rings. The van der Waals surface area contributed by atoms with Gasteiger partial charge in [-0.15, -0.1) is 0 Å². The van der Waals surface area contributed by atoms with Crippen LogP contribution in [0, 0.1) is 5.41 Å². The Morgan fingerprint density at radius 3 is 2.06 bits per heavy atom. The second-order valence-electron chi connectivity index (χ2n) is 6.47. The Morgan fingerprint density at radius 1 is 1.12 bits per heavy atom. The smallest absolute Gasteiger partial charge is 0.0547 e. The van der Waals surface area contributed by atoms with Crippen molar-refractivity contribution in [3.8, 4) is 0 Å². The molecular weight excluding hydrogens is 208 g/mol. The fraction of sp³-hybridized carbons (Fsp3) is 0.625. The van der Waals surface area contributed by atoms with Crippen molar-refractivity contribution in [2.24, 2.45) is 5.41 Å². The van der Waals surface area contributed by atoms with Gasteiger partial charge in [-0.05, 0) is 29.4 Å². The quantitative estimate of drug-likeness (QED) is 0.766. The van der Waals surface area contributed by atoms with Gasteiger partial charge >= 0.3 is 0 Å². The predicted octanol–water partition coefficient (Wildman–Crippen LogP) is 3.95. The fourth-order valence-electron chi connectivity index (χ4n) is 2.38. The molecular formula is C16H24O. The minimum atomic E-state index is 0.251. The molecule has 0 radical (unpaired) electrons. The average molecular weight is 232 g/mol. The van der Waals surface area contributed by atoms with E-state index in [0.29, 0.717) is 5.41 Å². The Hall–Kier alpha value is -0.820. The molecule has 1 nitrogen and oxygen atoms in total. The summed E-state index contributed by atoms with van der Waals surface area (Å²) in [6, 6.07) is 9.13. The van der Waals surface area contributed by atoms with Crippen molar-refractivity contribution in [2.75, 3.05) is 13.2 Å². The molecule has 0 amide bonds. The van der Waals surface area contributed by atoms with Crippen molar-refractivity contribution >= 4 is 0 Å². The second kappa shape index (κ2) is 4.45. The Bertz CT molecular complexity index is 360. The van der Waals surface area contributed by atoms with E-state index in [-0.39, 0.29) is 5.41 Å².